The number of amides is 1. The number of carbonyl (C=O) groups excluding carboxylic acids is 1. The zero-order valence-electron chi connectivity index (χ0n) is 19.9. The highest BCUT2D eigenvalue weighted by atomic mass is 19.1. The van der Waals surface area contributed by atoms with Gasteiger partial charge in [0.25, 0.3) is 0 Å². The van der Waals surface area contributed by atoms with Crippen LogP contribution in [-0.2, 0) is 4.79 Å². The van der Waals surface area contributed by atoms with Crippen LogP contribution in [0, 0.1) is 5.82 Å². The number of aromatic carboxylic acids is 1. The summed E-state index contributed by atoms with van der Waals surface area (Å²) >= 11 is 0. The van der Waals surface area contributed by atoms with Gasteiger partial charge in [0.1, 0.15) is 17.1 Å². The second kappa shape index (κ2) is 9.62. The van der Waals surface area contributed by atoms with E-state index in [1.807, 2.05) is 21.9 Å². The maximum absolute atomic E-state index is 15.2. The molecule has 1 aromatic heterocycles. The molecule has 10 heteroatoms. The van der Waals surface area contributed by atoms with Crippen LogP contribution in [0.15, 0.2) is 47.4 Å². The number of nitrogens with one attached hydrogen (secondary N) is 1. The van der Waals surface area contributed by atoms with Crippen molar-refractivity contribution in [2.45, 2.75) is 18.9 Å². The number of carbonyl (C=O) groups is 2. The molecule has 2 fully saturated rings. The Balaban J connectivity index is 1.31. The van der Waals surface area contributed by atoms with Gasteiger partial charge >= 0.3 is 5.97 Å². The third kappa shape index (κ3) is 4.64. The van der Waals surface area contributed by atoms with E-state index in [9.17, 15) is 19.5 Å². The van der Waals surface area contributed by atoms with Gasteiger partial charge in [-0.15, -0.1) is 0 Å². The lowest BCUT2D eigenvalue weighted by molar-refractivity contribution is -0.117. The number of para-hydroxylation sites is 2. The minimum absolute atomic E-state index is 0.0784. The molecule has 3 aromatic rings. The van der Waals surface area contributed by atoms with E-state index < -0.39 is 17.2 Å². The van der Waals surface area contributed by atoms with Gasteiger partial charge in [-0.3, -0.25) is 14.5 Å². The minimum atomic E-state index is -1.31. The van der Waals surface area contributed by atoms with Crippen molar-refractivity contribution in [3.8, 4) is 5.75 Å². The highest BCUT2D eigenvalue weighted by Crippen LogP contribution is 2.38. The summed E-state index contributed by atoms with van der Waals surface area (Å²) in [5.74, 6) is -1.45. The normalized spacial score (nSPS) is 16.2. The number of methoxy groups -OCH3 is 1. The van der Waals surface area contributed by atoms with E-state index in [1.54, 1.807) is 29.9 Å². The van der Waals surface area contributed by atoms with E-state index in [2.05, 4.69) is 5.32 Å². The lowest BCUT2D eigenvalue weighted by atomic mass is 10.1. The third-order valence-corrected chi connectivity index (χ3v) is 6.73. The Morgan fingerprint density at radius 2 is 1.86 bits per heavy atom. The molecule has 2 heterocycles. The molecule has 1 saturated carbocycles. The standard InChI is InChI=1S/C26H27FN4O5/c1-36-23-5-3-2-4-20(23)28-24(32)15-29-8-10-30(11-9-29)22-13-21-17(12-19(22)27)25(33)18(26(34)35)14-31(21)16-6-7-16/h2-5,12-14,16H,6-11,15H2,1H3,(H,28,32)(H,34,35). The number of ether oxygens (including phenoxy) is 1. The minimum Gasteiger partial charge on any atom is -0.495 e. The fourth-order valence-electron chi connectivity index (χ4n) is 4.70. The molecule has 0 spiro atoms. The maximum atomic E-state index is 15.2. The van der Waals surface area contributed by atoms with Crippen LogP contribution in [0.2, 0.25) is 0 Å². The molecule has 0 unspecified atom stereocenters. The summed E-state index contributed by atoms with van der Waals surface area (Å²) in [6.07, 6.45) is 3.16. The quantitative estimate of drug-likeness (QED) is 0.521. The molecule has 2 N–H and O–H groups in total. The van der Waals surface area contributed by atoms with E-state index in [4.69, 9.17) is 4.74 Å². The first-order valence-electron chi connectivity index (χ1n) is 11.9. The van der Waals surface area contributed by atoms with Crippen molar-refractivity contribution in [3.63, 3.8) is 0 Å². The molecule has 0 bridgehead atoms. The van der Waals surface area contributed by atoms with E-state index in [1.165, 1.54) is 6.20 Å². The van der Waals surface area contributed by atoms with Crippen LogP contribution in [0.4, 0.5) is 15.8 Å². The Bertz CT molecular complexity index is 1390. The number of aromatic nitrogens is 1. The van der Waals surface area contributed by atoms with Gasteiger partial charge < -0.3 is 24.6 Å². The molecule has 1 aliphatic carbocycles. The predicted octanol–water partition coefficient (Wildman–Crippen LogP) is 2.94. The smallest absolute Gasteiger partial charge is 0.341 e. The van der Waals surface area contributed by atoms with Gasteiger partial charge in [0, 0.05) is 43.8 Å². The zero-order valence-corrected chi connectivity index (χ0v) is 19.9. The van der Waals surface area contributed by atoms with Crippen molar-refractivity contribution in [3.05, 3.63) is 64.2 Å². The Morgan fingerprint density at radius 1 is 1.14 bits per heavy atom. The van der Waals surface area contributed by atoms with Crippen LogP contribution in [0.3, 0.4) is 0 Å². The molecule has 2 aromatic carbocycles. The first-order chi connectivity index (χ1) is 17.4. The van der Waals surface area contributed by atoms with Crippen LogP contribution in [0.25, 0.3) is 10.9 Å². The summed E-state index contributed by atoms with van der Waals surface area (Å²) in [6, 6.07) is 10.1. The number of anilines is 2. The van der Waals surface area contributed by atoms with E-state index >= 15 is 4.39 Å². The third-order valence-electron chi connectivity index (χ3n) is 6.73. The van der Waals surface area contributed by atoms with Crippen LogP contribution < -0.4 is 20.4 Å². The van der Waals surface area contributed by atoms with Gasteiger partial charge in [-0.1, -0.05) is 12.1 Å². The van der Waals surface area contributed by atoms with Gasteiger partial charge in [0.2, 0.25) is 11.3 Å². The number of nitrogens with zero attached hydrogens (tertiary/aromatic N) is 3. The van der Waals surface area contributed by atoms with Crippen molar-refractivity contribution in [1.29, 1.82) is 0 Å². The predicted molar refractivity (Wildman–Crippen MR) is 134 cm³/mol. The van der Waals surface area contributed by atoms with Crippen molar-refractivity contribution in [2.24, 2.45) is 0 Å². The Morgan fingerprint density at radius 3 is 2.53 bits per heavy atom. The van der Waals surface area contributed by atoms with Crippen molar-refractivity contribution in [1.82, 2.24) is 9.47 Å². The molecule has 5 rings (SSSR count). The first-order valence-corrected chi connectivity index (χ1v) is 11.9. The number of benzene rings is 2. The number of carboxylic acid groups (broad SMARTS) is 1. The van der Waals surface area contributed by atoms with Gasteiger partial charge in [-0.05, 0) is 37.1 Å². The summed E-state index contributed by atoms with van der Waals surface area (Å²) in [7, 11) is 1.55. The van der Waals surface area contributed by atoms with Crippen molar-refractivity contribution in [2.75, 3.05) is 50.1 Å². The number of hydrogen-bond acceptors (Lipinski definition) is 6. The van der Waals surface area contributed by atoms with Gasteiger partial charge in [-0.25, -0.2) is 9.18 Å². The second-order valence-corrected chi connectivity index (χ2v) is 9.15. The van der Waals surface area contributed by atoms with Crippen molar-refractivity contribution < 1.29 is 23.8 Å². The highest BCUT2D eigenvalue weighted by molar-refractivity contribution is 5.94. The summed E-state index contributed by atoms with van der Waals surface area (Å²) in [5.41, 5.74) is 0.502. The molecule has 188 valence electrons. The highest BCUT2D eigenvalue weighted by Gasteiger charge is 2.28. The largest absolute Gasteiger partial charge is 0.495 e. The summed E-state index contributed by atoms with van der Waals surface area (Å²) in [5, 5.41) is 12.4. The summed E-state index contributed by atoms with van der Waals surface area (Å²) < 4.78 is 22.2. The monoisotopic (exact) mass is 494 g/mol. The Hall–Kier alpha value is -3.92. The summed E-state index contributed by atoms with van der Waals surface area (Å²) in [4.78, 5) is 40.7. The van der Waals surface area contributed by atoms with E-state index in [-0.39, 0.29) is 29.4 Å². The number of hydrogen-bond donors (Lipinski definition) is 2. The van der Waals surface area contributed by atoms with Gasteiger partial charge in [0.15, 0.2) is 0 Å². The summed E-state index contributed by atoms with van der Waals surface area (Å²) in [6.45, 7) is 2.33. The molecule has 9 nitrogen and oxygen atoms in total. The number of rotatable bonds is 7. The van der Waals surface area contributed by atoms with Crippen LogP contribution >= 0.6 is 0 Å². The number of carboxylic acids is 1. The fourth-order valence-corrected chi connectivity index (χ4v) is 4.70. The number of fused-ring (bicyclic) bond motifs is 1. The maximum Gasteiger partial charge on any atom is 0.341 e. The molecule has 1 saturated heterocycles. The zero-order chi connectivity index (χ0) is 25.4. The number of pyridine rings is 1. The molecule has 36 heavy (non-hydrogen) atoms. The molecular formula is C26H27FN4O5. The Labute approximate surface area is 206 Å². The molecule has 0 radical (unpaired) electrons. The number of piperazine rings is 1. The number of halogens is 1. The first kappa shape index (κ1) is 23.8. The van der Waals surface area contributed by atoms with E-state index in [0.29, 0.717) is 48.8 Å². The fraction of sp³-hybridized carbons (Fsp3) is 0.346. The van der Waals surface area contributed by atoms with Gasteiger partial charge in [0.05, 0.1) is 30.5 Å². The lowest BCUT2D eigenvalue weighted by Gasteiger charge is -2.36. The molecule has 0 atom stereocenters. The second-order valence-electron chi connectivity index (χ2n) is 9.15. The molecule has 1 aliphatic heterocycles. The van der Waals surface area contributed by atoms with Crippen LogP contribution in [0.5, 0.6) is 5.75 Å². The topological polar surface area (TPSA) is 104 Å². The average molecular weight is 495 g/mol. The van der Waals surface area contributed by atoms with Crippen LogP contribution in [-0.4, -0.2) is 66.3 Å². The van der Waals surface area contributed by atoms with E-state index in [0.717, 1.165) is 18.9 Å². The van der Waals surface area contributed by atoms with Gasteiger partial charge in [-0.2, -0.15) is 0 Å². The van der Waals surface area contributed by atoms with Crippen molar-refractivity contribution >= 4 is 34.2 Å². The SMILES string of the molecule is COc1ccccc1NC(=O)CN1CCN(c2cc3c(cc2F)c(=O)c(C(=O)O)cn3C2CC2)CC1. The molecule has 2 aliphatic rings. The molecule has 1 amide bonds. The lowest BCUT2D eigenvalue weighted by Crippen LogP contribution is -2.49. The van der Waals surface area contributed by atoms with Crippen LogP contribution in [0.1, 0.15) is 29.2 Å². The Kier molecular flexibility index (Phi) is 6.36. The molecular weight excluding hydrogens is 467 g/mol. The average Bonchev–Trinajstić information content (AvgIpc) is 3.70.